The minimum atomic E-state index is -0.482. The van der Waals surface area contributed by atoms with Crippen LogP contribution >= 0.6 is 0 Å². The molecule has 0 bridgehead atoms. The molecule has 3 heteroatoms. The normalized spacial score (nSPS) is 19.4. The highest BCUT2D eigenvalue weighted by atomic mass is 16.3. The van der Waals surface area contributed by atoms with Gasteiger partial charge in [-0.15, -0.1) is 0 Å². The van der Waals surface area contributed by atoms with Crippen LogP contribution in [0, 0.1) is 0 Å². The summed E-state index contributed by atoms with van der Waals surface area (Å²) in [6.45, 7) is 0. The molecule has 2 aromatic heterocycles. The third-order valence-electron chi connectivity index (χ3n) is 4.49. The van der Waals surface area contributed by atoms with Gasteiger partial charge in [-0.1, -0.05) is 0 Å². The molecule has 1 aliphatic carbocycles. The van der Waals surface area contributed by atoms with E-state index in [9.17, 15) is 5.11 Å². The Labute approximate surface area is 137 Å². The Morgan fingerprint density at radius 1 is 0.870 bits per heavy atom. The van der Waals surface area contributed by atoms with E-state index in [2.05, 4.69) is 33.4 Å². The maximum atomic E-state index is 10.8. The van der Waals surface area contributed by atoms with Gasteiger partial charge in [0.1, 0.15) is 14.1 Å². The van der Waals surface area contributed by atoms with Crippen LogP contribution in [-0.4, -0.2) is 11.2 Å². The Balaban J connectivity index is 1.91. The number of hydrogen-bond acceptors (Lipinski definition) is 1. The Kier molecular flexibility index (Phi) is 4.68. The van der Waals surface area contributed by atoms with Gasteiger partial charge in [0.2, 0.25) is 11.4 Å². The number of aliphatic hydroxyl groups is 1. The number of nitrogens with zero attached hydrogens (tertiary/aromatic N) is 2. The third-order valence-corrected chi connectivity index (χ3v) is 4.49. The van der Waals surface area contributed by atoms with Crippen molar-refractivity contribution in [1.29, 1.82) is 0 Å². The molecular formula is C20H24N2O+2. The fraction of sp³-hybridized carbons (Fsp3) is 0.300. The Morgan fingerprint density at radius 3 is 1.78 bits per heavy atom. The molecule has 1 saturated carbocycles. The van der Waals surface area contributed by atoms with E-state index >= 15 is 0 Å². The third kappa shape index (κ3) is 3.57. The van der Waals surface area contributed by atoms with E-state index in [1.165, 1.54) is 0 Å². The van der Waals surface area contributed by atoms with E-state index in [4.69, 9.17) is 0 Å². The largest absolute Gasteiger partial charge is 0.384 e. The van der Waals surface area contributed by atoms with Crippen LogP contribution in [0.5, 0.6) is 0 Å². The van der Waals surface area contributed by atoms with E-state index < -0.39 is 6.10 Å². The monoisotopic (exact) mass is 308 g/mol. The van der Waals surface area contributed by atoms with Gasteiger partial charge in [0.25, 0.3) is 0 Å². The average Bonchev–Trinajstić information content (AvgIpc) is 2.55. The van der Waals surface area contributed by atoms with Crippen LogP contribution in [0.3, 0.4) is 0 Å². The molecule has 0 radical (unpaired) electrons. The lowest BCUT2D eigenvalue weighted by Crippen LogP contribution is -2.32. The lowest BCUT2D eigenvalue weighted by atomic mass is 9.86. The first kappa shape index (κ1) is 15.6. The molecule has 3 nitrogen and oxygen atoms in total. The standard InChI is InChI=1S/C20H24N2O/c1-21-12-5-3-10-18(21)14-16-8-7-9-17(20(16)23)15-19-11-4-6-13-22(19)2/h3-6,10-15,20,23H,7-9H2,1-2H3/q+2/b16-14+,17-15+. The van der Waals surface area contributed by atoms with Crippen LogP contribution in [0.2, 0.25) is 0 Å². The summed E-state index contributed by atoms with van der Waals surface area (Å²) in [5, 5.41) is 10.8. The van der Waals surface area contributed by atoms with E-state index in [0.717, 1.165) is 41.8 Å². The molecular weight excluding hydrogens is 284 g/mol. The predicted molar refractivity (Wildman–Crippen MR) is 91.0 cm³/mol. The minimum absolute atomic E-state index is 0.482. The van der Waals surface area contributed by atoms with Gasteiger partial charge in [-0.2, -0.15) is 0 Å². The molecule has 0 amide bonds. The maximum absolute atomic E-state index is 10.8. The second-order valence-corrected chi connectivity index (χ2v) is 6.17. The minimum Gasteiger partial charge on any atom is -0.384 e. The fourth-order valence-corrected chi connectivity index (χ4v) is 3.06. The second-order valence-electron chi connectivity index (χ2n) is 6.17. The van der Waals surface area contributed by atoms with Gasteiger partial charge in [-0.3, -0.25) is 0 Å². The molecule has 118 valence electrons. The Bertz CT molecular complexity index is 698. The first-order valence-electron chi connectivity index (χ1n) is 8.13. The highest BCUT2D eigenvalue weighted by Gasteiger charge is 2.23. The van der Waals surface area contributed by atoms with Crippen LogP contribution in [0.15, 0.2) is 59.9 Å². The van der Waals surface area contributed by atoms with Gasteiger partial charge >= 0.3 is 0 Å². The molecule has 2 heterocycles. The van der Waals surface area contributed by atoms with Crippen LogP contribution in [0.4, 0.5) is 0 Å². The molecule has 1 aliphatic rings. The van der Waals surface area contributed by atoms with Crippen molar-refractivity contribution in [2.75, 3.05) is 0 Å². The van der Waals surface area contributed by atoms with Crippen molar-refractivity contribution >= 4 is 12.2 Å². The summed E-state index contributed by atoms with van der Waals surface area (Å²) in [6, 6.07) is 12.2. The smallest absolute Gasteiger partial charge is 0.204 e. The van der Waals surface area contributed by atoms with Crippen molar-refractivity contribution in [1.82, 2.24) is 0 Å². The summed E-state index contributed by atoms with van der Waals surface area (Å²) in [7, 11) is 4.06. The number of hydrogen-bond donors (Lipinski definition) is 1. The SMILES string of the molecule is C[n+]1ccccc1/C=C1\CCC/C(=C\c2cccc[n+]2C)C1O. The van der Waals surface area contributed by atoms with Crippen LogP contribution in [0.25, 0.3) is 12.2 Å². The highest BCUT2D eigenvalue weighted by Crippen LogP contribution is 2.30. The van der Waals surface area contributed by atoms with Crippen molar-refractivity contribution in [3.8, 4) is 0 Å². The van der Waals surface area contributed by atoms with Crippen LogP contribution < -0.4 is 9.13 Å². The Hall–Kier alpha value is -2.26. The average molecular weight is 308 g/mol. The second kappa shape index (κ2) is 6.88. The van der Waals surface area contributed by atoms with E-state index in [-0.39, 0.29) is 0 Å². The molecule has 0 aromatic carbocycles. The molecule has 0 spiro atoms. The number of aromatic nitrogens is 2. The van der Waals surface area contributed by atoms with Gasteiger partial charge in [0.05, 0.1) is 6.10 Å². The number of aryl methyl sites for hydroxylation is 2. The van der Waals surface area contributed by atoms with Gasteiger partial charge in [-0.25, -0.2) is 9.13 Å². The summed E-state index contributed by atoms with van der Waals surface area (Å²) in [5.74, 6) is 0. The molecule has 1 fully saturated rings. The zero-order valence-corrected chi connectivity index (χ0v) is 13.8. The van der Waals surface area contributed by atoms with E-state index in [1.807, 2.05) is 50.8 Å². The number of rotatable bonds is 2. The molecule has 3 rings (SSSR count). The van der Waals surface area contributed by atoms with Crippen LogP contribution in [-0.2, 0) is 14.1 Å². The summed E-state index contributed by atoms with van der Waals surface area (Å²) in [4.78, 5) is 0. The van der Waals surface area contributed by atoms with Crippen molar-refractivity contribution in [3.63, 3.8) is 0 Å². The van der Waals surface area contributed by atoms with Gasteiger partial charge in [-0.05, 0) is 42.5 Å². The van der Waals surface area contributed by atoms with E-state index in [1.54, 1.807) is 0 Å². The van der Waals surface area contributed by atoms with Crippen molar-refractivity contribution in [2.45, 2.75) is 25.4 Å². The summed E-state index contributed by atoms with van der Waals surface area (Å²) >= 11 is 0. The predicted octanol–water partition coefficient (Wildman–Crippen LogP) is 2.35. The zero-order valence-electron chi connectivity index (χ0n) is 13.8. The van der Waals surface area contributed by atoms with Gasteiger partial charge in [0.15, 0.2) is 12.4 Å². The van der Waals surface area contributed by atoms with Crippen LogP contribution in [0.1, 0.15) is 30.7 Å². The summed E-state index contributed by atoms with van der Waals surface area (Å²) < 4.78 is 4.16. The molecule has 0 aliphatic heterocycles. The molecule has 2 aromatic rings. The van der Waals surface area contributed by atoms with Crippen molar-refractivity contribution in [2.24, 2.45) is 14.1 Å². The number of aliphatic hydroxyl groups excluding tert-OH is 1. The first-order chi connectivity index (χ1) is 11.1. The molecule has 1 N–H and O–H groups in total. The fourth-order valence-electron chi connectivity index (χ4n) is 3.06. The Morgan fingerprint density at radius 2 is 1.35 bits per heavy atom. The molecule has 0 unspecified atom stereocenters. The lowest BCUT2D eigenvalue weighted by molar-refractivity contribution is -0.673. The van der Waals surface area contributed by atoms with Crippen molar-refractivity contribution < 1.29 is 14.2 Å². The lowest BCUT2D eigenvalue weighted by Gasteiger charge is -2.23. The molecule has 0 saturated heterocycles. The van der Waals surface area contributed by atoms with Crippen molar-refractivity contribution in [3.05, 3.63) is 71.3 Å². The summed E-state index contributed by atoms with van der Waals surface area (Å²) in [5.41, 5.74) is 4.44. The van der Waals surface area contributed by atoms with Gasteiger partial charge < -0.3 is 5.11 Å². The highest BCUT2D eigenvalue weighted by molar-refractivity contribution is 5.56. The zero-order chi connectivity index (χ0) is 16.2. The molecule has 23 heavy (non-hydrogen) atoms. The topological polar surface area (TPSA) is 28.0 Å². The molecule has 0 atom stereocenters. The summed E-state index contributed by atoms with van der Waals surface area (Å²) in [6.07, 6.45) is 10.8. The van der Waals surface area contributed by atoms with Gasteiger partial charge in [0, 0.05) is 36.4 Å². The van der Waals surface area contributed by atoms with E-state index in [0.29, 0.717) is 0 Å². The number of pyridine rings is 2. The quantitative estimate of drug-likeness (QED) is 0.848. The first-order valence-corrected chi connectivity index (χ1v) is 8.13. The maximum Gasteiger partial charge on any atom is 0.204 e.